The molecular formula is C15H20Cl2N2O3S. The lowest BCUT2D eigenvalue weighted by Crippen LogP contribution is -2.43. The predicted octanol–water partition coefficient (Wildman–Crippen LogP) is 3.38. The van der Waals surface area contributed by atoms with Gasteiger partial charge in [0, 0.05) is 18.3 Å². The Hall–Kier alpha value is -0.820. The summed E-state index contributed by atoms with van der Waals surface area (Å²) in [5.74, 6) is -0.550. The summed E-state index contributed by atoms with van der Waals surface area (Å²) in [6.07, 6.45) is 3.65. The molecule has 8 heteroatoms. The molecule has 1 fully saturated rings. The van der Waals surface area contributed by atoms with Crippen molar-refractivity contribution in [3.8, 4) is 0 Å². The smallest absolute Gasteiger partial charge is 0.257 e. The van der Waals surface area contributed by atoms with Gasteiger partial charge in [-0.25, -0.2) is 8.42 Å². The van der Waals surface area contributed by atoms with Gasteiger partial charge in [-0.2, -0.15) is 4.31 Å². The topological polar surface area (TPSA) is 66.5 Å². The Morgan fingerprint density at radius 1 is 1.30 bits per heavy atom. The van der Waals surface area contributed by atoms with Crippen LogP contribution in [0.5, 0.6) is 0 Å². The third-order valence-electron chi connectivity index (χ3n) is 3.97. The van der Waals surface area contributed by atoms with Crippen molar-refractivity contribution in [1.29, 1.82) is 0 Å². The summed E-state index contributed by atoms with van der Waals surface area (Å²) in [6, 6.07) is 6.10. The molecule has 0 aromatic heterocycles. The van der Waals surface area contributed by atoms with Crippen LogP contribution < -0.4 is 5.32 Å². The van der Waals surface area contributed by atoms with Crippen molar-refractivity contribution in [3.63, 3.8) is 0 Å². The molecule has 0 aliphatic carbocycles. The summed E-state index contributed by atoms with van der Waals surface area (Å²) in [6.45, 7) is 2.56. The molecule has 0 saturated carbocycles. The number of piperidine rings is 1. The number of amides is 1. The fraction of sp³-hybridized carbons (Fsp3) is 0.533. The zero-order valence-corrected chi connectivity index (χ0v) is 15.2. The second kappa shape index (κ2) is 7.83. The van der Waals surface area contributed by atoms with Crippen molar-refractivity contribution < 1.29 is 13.2 Å². The lowest BCUT2D eigenvalue weighted by atomic mass is 10.0. The molecular weight excluding hydrogens is 359 g/mol. The summed E-state index contributed by atoms with van der Waals surface area (Å²) in [5, 5.41) is 2.51. The molecule has 1 saturated heterocycles. The van der Waals surface area contributed by atoms with Gasteiger partial charge < -0.3 is 5.32 Å². The lowest BCUT2D eigenvalue weighted by Gasteiger charge is -2.34. The standard InChI is InChI=1S/C15H20Cl2N2O3S/c1-2-12-5-3-4-10-19(12)23(21,22)13-8-6-11(7-9-13)18-15(20)14(16)17/h6-9,12,14H,2-5,10H2,1H3,(H,18,20). The van der Waals surface area contributed by atoms with Gasteiger partial charge in [0.2, 0.25) is 10.0 Å². The minimum atomic E-state index is -3.52. The highest BCUT2D eigenvalue weighted by molar-refractivity contribution is 7.89. The molecule has 5 nitrogen and oxygen atoms in total. The van der Waals surface area contributed by atoms with Crippen molar-refractivity contribution in [2.75, 3.05) is 11.9 Å². The summed E-state index contributed by atoms with van der Waals surface area (Å²) in [4.78, 5) is 10.5. The first kappa shape index (κ1) is 18.5. The summed E-state index contributed by atoms with van der Waals surface area (Å²) < 4.78 is 27.2. The van der Waals surface area contributed by atoms with Crippen molar-refractivity contribution in [1.82, 2.24) is 4.31 Å². The zero-order chi connectivity index (χ0) is 17.0. The van der Waals surface area contributed by atoms with E-state index < -0.39 is 20.8 Å². The highest BCUT2D eigenvalue weighted by Crippen LogP contribution is 2.27. The molecule has 1 N–H and O–H groups in total. The molecule has 1 aromatic carbocycles. The van der Waals surface area contributed by atoms with E-state index in [1.807, 2.05) is 6.92 Å². The summed E-state index contributed by atoms with van der Waals surface area (Å²) >= 11 is 10.9. The highest BCUT2D eigenvalue weighted by atomic mass is 35.5. The van der Waals surface area contributed by atoms with Crippen molar-refractivity contribution in [2.24, 2.45) is 0 Å². The molecule has 1 aliphatic rings. The molecule has 0 radical (unpaired) electrons. The zero-order valence-electron chi connectivity index (χ0n) is 12.8. The Kier molecular flexibility index (Phi) is 6.31. The summed E-state index contributed by atoms with van der Waals surface area (Å²) in [5.41, 5.74) is 0.450. The number of carbonyl (C=O) groups excluding carboxylic acids is 1. The Morgan fingerprint density at radius 2 is 1.96 bits per heavy atom. The Morgan fingerprint density at radius 3 is 2.52 bits per heavy atom. The van der Waals surface area contributed by atoms with Gasteiger partial charge in [-0.3, -0.25) is 4.79 Å². The van der Waals surface area contributed by atoms with Crippen LogP contribution >= 0.6 is 23.2 Å². The number of hydrogen-bond acceptors (Lipinski definition) is 3. The van der Waals surface area contributed by atoms with E-state index >= 15 is 0 Å². The van der Waals surface area contributed by atoms with E-state index in [2.05, 4.69) is 5.32 Å². The van der Waals surface area contributed by atoms with Crippen LogP contribution in [0.15, 0.2) is 29.2 Å². The van der Waals surface area contributed by atoms with Gasteiger partial charge in [-0.05, 0) is 43.5 Å². The fourth-order valence-corrected chi connectivity index (χ4v) is 4.62. The molecule has 1 aromatic rings. The van der Waals surface area contributed by atoms with Crippen molar-refractivity contribution in [2.45, 2.75) is 48.4 Å². The number of anilines is 1. The minimum Gasteiger partial charge on any atom is -0.324 e. The normalized spacial score (nSPS) is 19.7. The lowest BCUT2D eigenvalue weighted by molar-refractivity contribution is -0.114. The Bertz CT molecular complexity index is 647. The fourth-order valence-electron chi connectivity index (χ4n) is 2.74. The quantitative estimate of drug-likeness (QED) is 0.798. The van der Waals surface area contributed by atoms with E-state index in [4.69, 9.17) is 23.2 Å². The van der Waals surface area contributed by atoms with Crippen LogP contribution in [0, 0.1) is 0 Å². The number of hydrogen-bond donors (Lipinski definition) is 1. The number of sulfonamides is 1. The number of halogens is 2. The van der Waals surface area contributed by atoms with E-state index in [1.165, 1.54) is 24.3 Å². The van der Waals surface area contributed by atoms with E-state index in [-0.39, 0.29) is 10.9 Å². The maximum Gasteiger partial charge on any atom is 0.257 e. The molecule has 128 valence electrons. The van der Waals surface area contributed by atoms with Crippen LogP contribution in [0.1, 0.15) is 32.6 Å². The molecule has 0 bridgehead atoms. The van der Waals surface area contributed by atoms with Gasteiger partial charge in [-0.1, -0.05) is 36.5 Å². The maximum atomic E-state index is 12.8. The van der Waals surface area contributed by atoms with Crippen LogP contribution in [0.4, 0.5) is 5.69 Å². The largest absolute Gasteiger partial charge is 0.324 e. The molecule has 1 unspecified atom stereocenters. The van der Waals surface area contributed by atoms with Gasteiger partial charge in [0.05, 0.1) is 4.90 Å². The number of alkyl halides is 2. The number of rotatable bonds is 5. The van der Waals surface area contributed by atoms with Gasteiger partial charge in [0.1, 0.15) is 0 Å². The van der Waals surface area contributed by atoms with E-state index in [9.17, 15) is 13.2 Å². The average molecular weight is 379 g/mol. The van der Waals surface area contributed by atoms with Crippen LogP contribution in [-0.4, -0.2) is 36.1 Å². The second-order valence-electron chi connectivity index (χ2n) is 5.49. The average Bonchev–Trinajstić information content (AvgIpc) is 2.55. The SMILES string of the molecule is CCC1CCCCN1S(=O)(=O)c1ccc(NC(=O)C(Cl)Cl)cc1. The number of benzene rings is 1. The molecule has 1 heterocycles. The first-order valence-electron chi connectivity index (χ1n) is 7.57. The summed E-state index contributed by atoms with van der Waals surface area (Å²) in [7, 11) is -3.52. The van der Waals surface area contributed by atoms with E-state index in [1.54, 1.807) is 4.31 Å². The number of nitrogens with one attached hydrogen (secondary N) is 1. The van der Waals surface area contributed by atoms with E-state index in [0.717, 1.165) is 25.7 Å². The molecule has 0 spiro atoms. The predicted molar refractivity (Wildman–Crippen MR) is 92.4 cm³/mol. The third kappa shape index (κ3) is 4.38. The van der Waals surface area contributed by atoms with Gasteiger partial charge in [-0.15, -0.1) is 0 Å². The molecule has 1 aliphatic heterocycles. The van der Waals surface area contributed by atoms with Gasteiger partial charge >= 0.3 is 0 Å². The molecule has 2 rings (SSSR count). The number of nitrogens with zero attached hydrogens (tertiary/aromatic N) is 1. The van der Waals surface area contributed by atoms with E-state index in [0.29, 0.717) is 12.2 Å². The van der Waals surface area contributed by atoms with Crippen LogP contribution in [0.3, 0.4) is 0 Å². The third-order valence-corrected chi connectivity index (χ3v) is 6.33. The van der Waals surface area contributed by atoms with Crippen molar-refractivity contribution >= 4 is 44.8 Å². The highest BCUT2D eigenvalue weighted by Gasteiger charge is 2.32. The molecule has 1 amide bonds. The number of carbonyl (C=O) groups is 1. The van der Waals surface area contributed by atoms with Gasteiger partial charge in [0.25, 0.3) is 5.91 Å². The maximum absolute atomic E-state index is 12.8. The van der Waals surface area contributed by atoms with Crippen LogP contribution in [-0.2, 0) is 14.8 Å². The molecule has 1 atom stereocenters. The minimum absolute atomic E-state index is 0.0568. The van der Waals surface area contributed by atoms with Crippen molar-refractivity contribution in [3.05, 3.63) is 24.3 Å². The van der Waals surface area contributed by atoms with Crippen LogP contribution in [0.25, 0.3) is 0 Å². The van der Waals surface area contributed by atoms with Gasteiger partial charge in [0.15, 0.2) is 4.84 Å². The Labute approximate surface area is 147 Å². The van der Waals surface area contributed by atoms with Crippen LogP contribution in [0.2, 0.25) is 0 Å². The second-order valence-corrected chi connectivity index (χ2v) is 8.47. The first-order chi connectivity index (χ1) is 10.9. The molecule has 23 heavy (non-hydrogen) atoms. The monoisotopic (exact) mass is 378 g/mol. The Balaban J connectivity index is 2.18. The first-order valence-corrected chi connectivity index (χ1v) is 9.88.